The fourth-order valence-electron chi connectivity index (χ4n) is 5.41. The number of nitrogens with zero attached hydrogens (tertiary/aromatic N) is 5. The van der Waals surface area contributed by atoms with Gasteiger partial charge in [-0.2, -0.15) is 9.61 Å². The molecule has 3 aromatic heterocycles. The molecule has 0 aromatic carbocycles. The molecule has 0 aliphatic carbocycles. The average Bonchev–Trinajstić information content (AvgIpc) is 3.31. The predicted octanol–water partition coefficient (Wildman–Crippen LogP) is 2.11. The highest BCUT2D eigenvalue weighted by Crippen LogP contribution is 2.44. The molecule has 2 fully saturated rings. The highest BCUT2D eigenvalue weighted by molar-refractivity contribution is 6.00. The number of nitrogen functional groups attached to an aromatic ring is 1. The monoisotopic (exact) mass is 434 g/mol. The van der Waals surface area contributed by atoms with Gasteiger partial charge in [0.1, 0.15) is 12.4 Å². The number of aliphatic hydroxyl groups is 1. The van der Waals surface area contributed by atoms with Gasteiger partial charge in [-0.25, -0.2) is 4.98 Å². The summed E-state index contributed by atoms with van der Waals surface area (Å²) < 4.78 is 1.52. The standard InChI is InChI=1S/C23H26N6O3/c1-12-3-4-14(9-25-12)18-10-26-29-22(24)20(13(2)31)21(27-23(18)29)15-7-16-5-6-17(8-15)28(16)19(32)11-30/h3-4,9-10,15-17,30H,5-8,11,24H2,1-2H3. The molecule has 2 atom stereocenters. The summed E-state index contributed by atoms with van der Waals surface area (Å²) in [5.41, 5.74) is 10.7. The van der Waals surface area contributed by atoms with E-state index in [4.69, 9.17) is 10.7 Å². The third kappa shape index (κ3) is 3.15. The van der Waals surface area contributed by atoms with Crippen LogP contribution in [-0.4, -0.2) is 60.0 Å². The molecule has 2 aliphatic rings. The Kier molecular flexibility index (Phi) is 4.93. The number of hydrogen-bond donors (Lipinski definition) is 2. The molecular formula is C23H26N6O3. The van der Waals surface area contributed by atoms with Gasteiger partial charge in [0, 0.05) is 41.0 Å². The van der Waals surface area contributed by atoms with Crippen molar-refractivity contribution in [1.82, 2.24) is 24.5 Å². The number of carbonyl (C=O) groups is 2. The number of anilines is 1. The van der Waals surface area contributed by atoms with Crippen LogP contribution in [0.3, 0.4) is 0 Å². The van der Waals surface area contributed by atoms with E-state index in [2.05, 4.69) is 10.1 Å². The number of aliphatic hydroxyl groups excluding tert-OH is 1. The van der Waals surface area contributed by atoms with E-state index >= 15 is 0 Å². The SMILES string of the molecule is CC(=O)c1c(C2CC3CCC(C2)N3C(=O)CO)nc2c(-c3ccc(C)nc3)cnn2c1N. The number of pyridine rings is 1. The second-order valence-electron chi connectivity index (χ2n) is 8.81. The maximum atomic E-state index is 12.6. The van der Waals surface area contributed by atoms with E-state index in [9.17, 15) is 14.7 Å². The molecule has 2 unspecified atom stereocenters. The van der Waals surface area contributed by atoms with Gasteiger partial charge in [0.15, 0.2) is 11.4 Å². The quantitative estimate of drug-likeness (QED) is 0.602. The van der Waals surface area contributed by atoms with E-state index in [0.29, 0.717) is 29.7 Å². The summed E-state index contributed by atoms with van der Waals surface area (Å²) in [7, 11) is 0. The lowest BCUT2D eigenvalue weighted by atomic mass is 9.85. The van der Waals surface area contributed by atoms with Crippen LogP contribution in [0.15, 0.2) is 24.5 Å². The molecule has 3 aromatic rings. The van der Waals surface area contributed by atoms with Crippen molar-refractivity contribution >= 4 is 23.2 Å². The third-order valence-electron chi connectivity index (χ3n) is 6.83. The van der Waals surface area contributed by atoms with E-state index in [1.807, 2.05) is 24.0 Å². The zero-order chi connectivity index (χ0) is 22.6. The lowest BCUT2D eigenvalue weighted by molar-refractivity contribution is -0.138. The van der Waals surface area contributed by atoms with Crippen LogP contribution in [0, 0.1) is 6.92 Å². The van der Waals surface area contributed by atoms with Gasteiger partial charge in [0.05, 0.1) is 17.5 Å². The summed E-state index contributed by atoms with van der Waals surface area (Å²) in [5.74, 6) is -0.0943. The first-order valence-electron chi connectivity index (χ1n) is 10.9. The first-order chi connectivity index (χ1) is 15.4. The highest BCUT2D eigenvalue weighted by Gasteiger charge is 2.44. The Morgan fingerprint density at radius 2 is 1.91 bits per heavy atom. The van der Waals surface area contributed by atoms with Gasteiger partial charge in [0.25, 0.3) is 0 Å². The van der Waals surface area contributed by atoms with Gasteiger partial charge in [-0.1, -0.05) is 6.07 Å². The predicted molar refractivity (Wildman–Crippen MR) is 118 cm³/mol. The summed E-state index contributed by atoms with van der Waals surface area (Å²) in [5, 5.41) is 13.8. The lowest BCUT2D eigenvalue weighted by Gasteiger charge is -2.39. The Hall–Kier alpha value is -3.33. The number of ketones is 1. The van der Waals surface area contributed by atoms with Crippen LogP contribution in [-0.2, 0) is 4.79 Å². The normalized spacial score (nSPS) is 22.5. The van der Waals surface area contributed by atoms with Gasteiger partial charge in [-0.05, 0) is 45.6 Å². The van der Waals surface area contributed by atoms with Crippen LogP contribution in [0.2, 0.25) is 0 Å². The smallest absolute Gasteiger partial charge is 0.248 e. The number of carbonyl (C=O) groups excluding carboxylic acids is 2. The van der Waals surface area contributed by atoms with Crippen molar-refractivity contribution in [2.45, 2.75) is 57.5 Å². The molecule has 9 nitrogen and oxygen atoms in total. The molecule has 0 saturated carbocycles. The minimum absolute atomic E-state index is 0.000311. The van der Waals surface area contributed by atoms with Crippen LogP contribution in [0.4, 0.5) is 5.82 Å². The zero-order valence-electron chi connectivity index (χ0n) is 18.2. The minimum Gasteiger partial charge on any atom is -0.387 e. The maximum absolute atomic E-state index is 12.6. The van der Waals surface area contributed by atoms with Crippen molar-refractivity contribution < 1.29 is 14.7 Å². The zero-order valence-corrected chi connectivity index (χ0v) is 18.2. The van der Waals surface area contributed by atoms with Crippen molar-refractivity contribution in [2.75, 3.05) is 12.3 Å². The van der Waals surface area contributed by atoms with Crippen LogP contribution < -0.4 is 5.73 Å². The number of rotatable bonds is 4. The summed E-state index contributed by atoms with van der Waals surface area (Å²) in [6.45, 7) is 2.95. The topological polar surface area (TPSA) is 127 Å². The number of aromatic nitrogens is 4. The summed E-state index contributed by atoms with van der Waals surface area (Å²) >= 11 is 0. The summed E-state index contributed by atoms with van der Waals surface area (Å²) in [6.07, 6.45) is 6.66. The number of nitrogens with two attached hydrogens (primary N) is 1. The fraction of sp³-hybridized carbons (Fsp3) is 0.435. The van der Waals surface area contributed by atoms with Gasteiger partial charge in [-0.3, -0.25) is 14.6 Å². The molecule has 9 heteroatoms. The van der Waals surface area contributed by atoms with Crippen molar-refractivity contribution in [1.29, 1.82) is 0 Å². The van der Waals surface area contributed by atoms with Crippen LogP contribution in [0.25, 0.3) is 16.8 Å². The molecule has 5 heterocycles. The van der Waals surface area contributed by atoms with Crippen molar-refractivity contribution in [3.63, 3.8) is 0 Å². The van der Waals surface area contributed by atoms with Crippen LogP contribution >= 0.6 is 0 Å². The summed E-state index contributed by atoms with van der Waals surface area (Å²) in [4.78, 5) is 36.0. The maximum Gasteiger partial charge on any atom is 0.248 e. The number of amides is 1. The summed E-state index contributed by atoms with van der Waals surface area (Å²) in [6, 6.07) is 3.99. The molecule has 3 N–H and O–H groups in total. The molecule has 5 rings (SSSR count). The average molecular weight is 435 g/mol. The molecular weight excluding hydrogens is 408 g/mol. The second kappa shape index (κ2) is 7.67. The Morgan fingerprint density at radius 1 is 1.19 bits per heavy atom. The lowest BCUT2D eigenvalue weighted by Crippen LogP contribution is -2.47. The van der Waals surface area contributed by atoms with E-state index in [0.717, 1.165) is 29.7 Å². The van der Waals surface area contributed by atoms with Crippen LogP contribution in [0.1, 0.15) is 60.3 Å². The van der Waals surface area contributed by atoms with Gasteiger partial charge in [-0.15, -0.1) is 0 Å². The number of Topliss-reactive ketones (excluding diaryl/α,β-unsaturated/α-hetero) is 1. The molecule has 2 bridgehead atoms. The van der Waals surface area contributed by atoms with Gasteiger partial charge >= 0.3 is 0 Å². The Bertz CT molecular complexity index is 1200. The number of fused-ring (bicyclic) bond motifs is 3. The van der Waals surface area contributed by atoms with E-state index < -0.39 is 6.61 Å². The third-order valence-corrected chi connectivity index (χ3v) is 6.83. The minimum atomic E-state index is -0.475. The molecule has 166 valence electrons. The van der Waals surface area contributed by atoms with E-state index in [1.54, 1.807) is 12.4 Å². The van der Waals surface area contributed by atoms with Crippen molar-refractivity contribution in [2.24, 2.45) is 0 Å². The molecule has 2 aliphatic heterocycles. The molecule has 32 heavy (non-hydrogen) atoms. The fourth-order valence-corrected chi connectivity index (χ4v) is 5.41. The number of hydrogen-bond acceptors (Lipinski definition) is 7. The number of aryl methyl sites for hydroxylation is 1. The Morgan fingerprint density at radius 3 is 2.50 bits per heavy atom. The molecule has 0 radical (unpaired) electrons. The highest BCUT2D eigenvalue weighted by atomic mass is 16.3. The Balaban J connectivity index is 1.62. The van der Waals surface area contributed by atoms with E-state index in [1.165, 1.54) is 11.4 Å². The Labute approximate surface area is 185 Å². The first-order valence-corrected chi connectivity index (χ1v) is 10.9. The van der Waals surface area contributed by atoms with Crippen LogP contribution in [0.5, 0.6) is 0 Å². The van der Waals surface area contributed by atoms with Crippen molar-refractivity contribution in [3.05, 3.63) is 41.5 Å². The van der Waals surface area contributed by atoms with Gasteiger partial charge in [0.2, 0.25) is 5.91 Å². The number of piperidine rings is 1. The van der Waals surface area contributed by atoms with E-state index in [-0.39, 0.29) is 35.5 Å². The molecule has 1 amide bonds. The first kappa shape index (κ1) is 20.6. The second-order valence-corrected chi connectivity index (χ2v) is 8.81. The molecule has 0 spiro atoms. The largest absolute Gasteiger partial charge is 0.387 e. The van der Waals surface area contributed by atoms with Crippen molar-refractivity contribution in [3.8, 4) is 11.1 Å². The molecule has 2 saturated heterocycles. The van der Waals surface area contributed by atoms with Gasteiger partial charge < -0.3 is 15.7 Å².